The van der Waals surface area contributed by atoms with Crippen molar-refractivity contribution in [3.05, 3.63) is 81.0 Å². The van der Waals surface area contributed by atoms with Crippen molar-refractivity contribution in [1.82, 2.24) is 9.97 Å². The largest absolute Gasteiger partial charge is 0.324 e. The molecule has 0 bridgehead atoms. The second-order valence-electron chi connectivity index (χ2n) is 6.03. The zero-order chi connectivity index (χ0) is 19.7. The molecule has 0 atom stereocenters. The molecular weight excluding hydrogens is 396 g/mol. The van der Waals surface area contributed by atoms with Gasteiger partial charge in [0.25, 0.3) is 5.91 Å². The van der Waals surface area contributed by atoms with Crippen molar-refractivity contribution in [2.24, 2.45) is 0 Å². The van der Waals surface area contributed by atoms with Crippen LogP contribution in [-0.4, -0.2) is 20.8 Å². The van der Waals surface area contributed by atoms with E-state index in [1.54, 1.807) is 12.3 Å². The van der Waals surface area contributed by atoms with Crippen molar-refractivity contribution in [2.75, 3.05) is 4.90 Å². The van der Waals surface area contributed by atoms with Crippen LogP contribution in [0.2, 0.25) is 0 Å². The molecule has 0 saturated carbocycles. The minimum absolute atomic E-state index is 0.0683. The van der Waals surface area contributed by atoms with E-state index >= 15 is 0 Å². The summed E-state index contributed by atoms with van der Waals surface area (Å²) >= 11 is 2.27. The number of nitro groups is 1. The van der Waals surface area contributed by atoms with Crippen molar-refractivity contribution < 1.29 is 9.72 Å². The SMILES string of the molecule is Cc1cccc2sc(N(Cc3ccccn3)C(=O)c3ccc([N+](=O)[O-])s3)nc12. The number of aromatic nitrogens is 2. The monoisotopic (exact) mass is 410 g/mol. The minimum atomic E-state index is -0.494. The van der Waals surface area contributed by atoms with E-state index in [0.29, 0.717) is 15.7 Å². The van der Waals surface area contributed by atoms with Gasteiger partial charge in [0.2, 0.25) is 0 Å². The second kappa shape index (κ2) is 7.45. The third-order valence-electron chi connectivity index (χ3n) is 4.11. The van der Waals surface area contributed by atoms with Gasteiger partial charge in [0.1, 0.15) is 0 Å². The smallest absolute Gasteiger partial charge is 0.277 e. The maximum Gasteiger partial charge on any atom is 0.324 e. The topological polar surface area (TPSA) is 89.2 Å². The molecule has 7 nitrogen and oxygen atoms in total. The van der Waals surface area contributed by atoms with E-state index in [1.807, 2.05) is 37.3 Å². The first kappa shape index (κ1) is 18.2. The van der Waals surface area contributed by atoms with Crippen LogP contribution in [0.3, 0.4) is 0 Å². The zero-order valence-electron chi connectivity index (χ0n) is 14.7. The van der Waals surface area contributed by atoms with Crippen molar-refractivity contribution in [1.29, 1.82) is 0 Å². The maximum atomic E-state index is 13.2. The molecule has 3 aromatic heterocycles. The van der Waals surface area contributed by atoms with Gasteiger partial charge in [-0.2, -0.15) is 0 Å². The fraction of sp³-hybridized carbons (Fsp3) is 0.105. The molecule has 28 heavy (non-hydrogen) atoms. The van der Waals surface area contributed by atoms with E-state index in [9.17, 15) is 14.9 Å². The lowest BCUT2D eigenvalue weighted by molar-refractivity contribution is -0.380. The lowest BCUT2D eigenvalue weighted by Crippen LogP contribution is -2.30. The number of hydrogen-bond donors (Lipinski definition) is 0. The van der Waals surface area contributed by atoms with Crippen LogP contribution in [0, 0.1) is 17.0 Å². The van der Waals surface area contributed by atoms with Crippen molar-refractivity contribution >= 4 is 48.9 Å². The van der Waals surface area contributed by atoms with E-state index in [4.69, 9.17) is 0 Å². The summed E-state index contributed by atoms with van der Waals surface area (Å²) in [5.41, 5.74) is 2.58. The molecule has 0 aliphatic carbocycles. The maximum absolute atomic E-state index is 13.2. The molecule has 0 aliphatic heterocycles. The normalized spacial score (nSPS) is 10.9. The third kappa shape index (κ3) is 3.49. The number of thiazole rings is 1. The summed E-state index contributed by atoms with van der Waals surface area (Å²) in [5.74, 6) is -0.333. The Balaban J connectivity index is 1.77. The number of pyridine rings is 1. The lowest BCUT2D eigenvalue weighted by atomic mass is 10.2. The van der Waals surface area contributed by atoms with Crippen LogP contribution in [0.5, 0.6) is 0 Å². The summed E-state index contributed by atoms with van der Waals surface area (Å²) in [5, 5.41) is 11.5. The number of rotatable bonds is 5. The average Bonchev–Trinajstić information content (AvgIpc) is 3.34. The van der Waals surface area contributed by atoms with Crippen LogP contribution in [0.15, 0.2) is 54.7 Å². The van der Waals surface area contributed by atoms with Crippen molar-refractivity contribution in [3.63, 3.8) is 0 Å². The van der Waals surface area contributed by atoms with Gasteiger partial charge in [-0.15, -0.1) is 0 Å². The number of aryl methyl sites for hydroxylation is 1. The molecule has 0 N–H and O–H groups in total. The Kier molecular flexibility index (Phi) is 4.84. The fourth-order valence-corrected chi connectivity index (χ4v) is 4.55. The van der Waals surface area contributed by atoms with Gasteiger partial charge in [-0.25, -0.2) is 4.98 Å². The number of thiophene rings is 1. The van der Waals surface area contributed by atoms with Gasteiger partial charge < -0.3 is 0 Å². The zero-order valence-corrected chi connectivity index (χ0v) is 16.4. The highest BCUT2D eigenvalue weighted by molar-refractivity contribution is 7.22. The molecule has 1 amide bonds. The number of para-hydroxylation sites is 1. The average molecular weight is 410 g/mol. The predicted molar refractivity (Wildman–Crippen MR) is 110 cm³/mol. The lowest BCUT2D eigenvalue weighted by Gasteiger charge is -2.18. The number of anilines is 1. The molecule has 4 rings (SSSR count). The van der Waals surface area contributed by atoms with Crippen LogP contribution >= 0.6 is 22.7 Å². The molecule has 3 heterocycles. The molecular formula is C19H14N4O3S2. The van der Waals surface area contributed by atoms with Gasteiger partial charge in [-0.05, 0) is 36.8 Å². The third-order valence-corrected chi connectivity index (χ3v) is 6.18. The Morgan fingerprint density at radius 2 is 2.00 bits per heavy atom. The molecule has 0 spiro atoms. The number of benzene rings is 1. The summed E-state index contributed by atoms with van der Waals surface area (Å²) < 4.78 is 0.978. The molecule has 0 fully saturated rings. The quantitative estimate of drug-likeness (QED) is 0.348. The number of carbonyl (C=O) groups is 1. The number of hydrogen-bond acceptors (Lipinski definition) is 7. The van der Waals surface area contributed by atoms with Crippen LogP contribution in [0.4, 0.5) is 10.1 Å². The highest BCUT2D eigenvalue weighted by Gasteiger charge is 2.25. The predicted octanol–water partition coefficient (Wildman–Crippen LogP) is 4.82. The highest BCUT2D eigenvalue weighted by Crippen LogP contribution is 2.33. The Morgan fingerprint density at radius 3 is 2.68 bits per heavy atom. The van der Waals surface area contributed by atoms with Crippen LogP contribution < -0.4 is 4.90 Å². The van der Waals surface area contributed by atoms with E-state index in [1.165, 1.54) is 28.4 Å². The van der Waals surface area contributed by atoms with Crippen LogP contribution in [0.25, 0.3) is 10.2 Å². The van der Waals surface area contributed by atoms with E-state index < -0.39 is 4.92 Å². The first-order chi connectivity index (χ1) is 13.5. The van der Waals surface area contributed by atoms with E-state index in [-0.39, 0.29) is 17.5 Å². The summed E-state index contributed by atoms with van der Waals surface area (Å²) in [7, 11) is 0. The molecule has 0 aliphatic rings. The molecule has 0 saturated heterocycles. The highest BCUT2D eigenvalue weighted by atomic mass is 32.1. The van der Waals surface area contributed by atoms with Crippen molar-refractivity contribution in [3.8, 4) is 0 Å². The first-order valence-electron chi connectivity index (χ1n) is 8.35. The van der Waals surface area contributed by atoms with Gasteiger partial charge >= 0.3 is 5.00 Å². The van der Waals surface area contributed by atoms with Gasteiger partial charge in [0.05, 0.1) is 32.3 Å². The Bertz CT molecular complexity index is 1170. The summed E-state index contributed by atoms with van der Waals surface area (Å²) in [6.45, 7) is 2.20. The Labute approximate surface area is 168 Å². The molecule has 9 heteroatoms. The second-order valence-corrected chi connectivity index (χ2v) is 8.10. The number of amides is 1. The Morgan fingerprint density at radius 1 is 1.14 bits per heavy atom. The first-order valence-corrected chi connectivity index (χ1v) is 9.98. The number of carbonyl (C=O) groups excluding carboxylic acids is 1. The molecule has 1 aromatic carbocycles. The fourth-order valence-electron chi connectivity index (χ4n) is 2.74. The molecule has 4 aromatic rings. The summed E-state index contributed by atoms with van der Waals surface area (Å²) in [6, 6.07) is 14.2. The molecule has 0 radical (unpaired) electrons. The standard InChI is InChI=1S/C19H14N4O3S2/c1-12-5-4-7-14-17(12)21-19(28-14)22(11-13-6-2-3-10-20-13)18(24)15-8-9-16(27-15)23(25)26/h2-10H,11H2,1H3. The van der Waals surface area contributed by atoms with Crippen molar-refractivity contribution in [2.45, 2.75) is 13.5 Å². The van der Waals surface area contributed by atoms with Crippen LogP contribution in [-0.2, 0) is 6.54 Å². The van der Waals surface area contributed by atoms with Gasteiger partial charge in [0, 0.05) is 12.3 Å². The van der Waals surface area contributed by atoms with E-state index in [0.717, 1.165) is 27.1 Å². The van der Waals surface area contributed by atoms with Gasteiger partial charge in [-0.1, -0.05) is 40.9 Å². The summed E-state index contributed by atoms with van der Waals surface area (Å²) in [4.78, 5) is 34.5. The summed E-state index contributed by atoms with van der Waals surface area (Å²) in [6.07, 6.45) is 1.66. The number of nitrogens with zero attached hydrogens (tertiary/aromatic N) is 4. The van der Waals surface area contributed by atoms with E-state index in [2.05, 4.69) is 9.97 Å². The van der Waals surface area contributed by atoms with Gasteiger partial charge in [0.15, 0.2) is 5.13 Å². The minimum Gasteiger partial charge on any atom is -0.277 e. The molecule has 0 unspecified atom stereocenters. The van der Waals surface area contributed by atoms with Gasteiger partial charge in [-0.3, -0.25) is 24.8 Å². The van der Waals surface area contributed by atoms with Crippen LogP contribution in [0.1, 0.15) is 20.9 Å². The Hall–Kier alpha value is -3.17. The number of fused-ring (bicyclic) bond motifs is 1. The molecule has 140 valence electrons.